The van der Waals surface area contributed by atoms with Crippen LogP contribution in [0.3, 0.4) is 0 Å². The van der Waals surface area contributed by atoms with Crippen LogP contribution in [0, 0.1) is 0 Å². The minimum atomic E-state index is -0.646. The average Bonchev–Trinajstić information content (AvgIpc) is 3.17. The lowest BCUT2D eigenvalue weighted by atomic mass is 10.1. The molecule has 0 saturated carbocycles. The van der Waals surface area contributed by atoms with Crippen molar-refractivity contribution in [2.24, 2.45) is 0 Å². The number of amides is 2. The highest BCUT2D eigenvalue weighted by molar-refractivity contribution is 6.33. The van der Waals surface area contributed by atoms with E-state index in [1.807, 2.05) is 0 Å². The Kier molecular flexibility index (Phi) is 6.39. The van der Waals surface area contributed by atoms with E-state index in [1.54, 1.807) is 52.3 Å². The molecule has 0 aromatic heterocycles. The Morgan fingerprint density at radius 3 is 2.13 bits per heavy atom. The Hall–Kier alpha value is -2.32. The van der Waals surface area contributed by atoms with Crippen LogP contribution in [-0.2, 0) is 0 Å². The molecule has 2 unspecified atom stereocenters. The Balaban J connectivity index is 1.35. The van der Waals surface area contributed by atoms with Crippen LogP contribution in [0.2, 0.25) is 10.0 Å². The van der Waals surface area contributed by atoms with Crippen LogP contribution in [0.25, 0.3) is 0 Å². The van der Waals surface area contributed by atoms with E-state index in [2.05, 4.69) is 4.90 Å². The van der Waals surface area contributed by atoms with Crippen molar-refractivity contribution in [3.63, 3.8) is 0 Å². The highest BCUT2D eigenvalue weighted by Gasteiger charge is 2.39. The minimum absolute atomic E-state index is 0.0274. The summed E-state index contributed by atoms with van der Waals surface area (Å²) in [6, 6.07) is 11.5. The normalized spacial score (nSPS) is 22.0. The van der Waals surface area contributed by atoms with Crippen molar-refractivity contribution in [1.29, 1.82) is 0 Å². The van der Waals surface area contributed by atoms with Crippen molar-refractivity contribution >= 4 is 40.7 Å². The number of rotatable bonds is 3. The summed E-state index contributed by atoms with van der Waals surface area (Å²) in [7, 11) is 0. The van der Waals surface area contributed by atoms with Crippen LogP contribution >= 0.6 is 23.2 Å². The molecule has 2 fully saturated rings. The van der Waals surface area contributed by atoms with Crippen molar-refractivity contribution in [2.75, 3.05) is 45.0 Å². The number of nitrogens with two attached hydrogens (primary N) is 1. The summed E-state index contributed by atoms with van der Waals surface area (Å²) in [6.07, 6.45) is -0.646. The molecule has 164 valence electrons. The maximum absolute atomic E-state index is 12.8. The first-order valence-electron chi connectivity index (χ1n) is 10.1. The zero-order valence-electron chi connectivity index (χ0n) is 16.9. The maximum atomic E-state index is 12.8. The third-order valence-electron chi connectivity index (χ3n) is 5.95. The molecule has 2 heterocycles. The van der Waals surface area contributed by atoms with Gasteiger partial charge in [0.05, 0.1) is 22.9 Å². The smallest absolute Gasteiger partial charge is 0.254 e. The molecule has 31 heavy (non-hydrogen) atoms. The number of nitrogen functional groups attached to an aromatic ring is 1. The second-order valence-corrected chi connectivity index (χ2v) is 8.76. The molecule has 2 aliphatic heterocycles. The molecule has 0 spiro atoms. The molecule has 9 heteroatoms. The van der Waals surface area contributed by atoms with Gasteiger partial charge < -0.3 is 20.6 Å². The molecule has 2 amide bonds. The fourth-order valence-electron chi connectivity index (χ4n) is 4.19. The minimum Gasteiger partial charge on any atom is -0.398 e. The first-order valence-corrected chi connectivity index (χ1v) is 10.9. The van der Waals surface area contributed by atoms with Crippen LogP contribution in [0.15, 0.2) is 42.5 Å². The average molecular weight is 463 g/mol. The van der Waals surface area contributed by atoms with E-state index in [1.165, 1.54) is 0 Å². The van der Waals surface area contributed by atoms with Gasteiger partial charge in [-0.15, -0.1) is 0 Å². The Labute approximate surface area is 190 Å². The van der Waals surface area contributed by atoms with Crippen molar-refractivity contribution < 1.29 is 14.7 Å². The predicted octanol–water partition coefficient (Wildman–Crippen LogP) is 2.22. The number of halogens is 2. The number of hydrogen-bond donors (Lipinski definition) is 2. The molecule has 0 bridgehead atoms. The lowest BCUT2D eigenvalue weighted by molar-refractivity contribution is 0.0376. The van der Waals surface area contributed by atoms with E-state index in [0.717, 1.165) is 0 Å². The van der Waals surface area contributed by atoms with Crippen molar-refractivity contribution in [3.05, 3.63) is 63.6 Å². The van der Waals surface area contributed by atoms with Crippen LogP contribution in [0.4, 0.5) is 5.69 Å². The topological polar surface area (TPSA) is 90.1 Å². The number of anilines is 1. The number of benzene rings is 2. The number of aliphatic hydroxyl groups is 1. The van der Waals surface area contributed by atoms with Crippen LogP contribution in [-0.4, -0.2) is 83.0 Å². The van der Waals surface area contributed by atoms with Gasteiger partial charge in [-0.25, -0.2) is 0 Å². The van der Waals surface area contributed by atoms with Gasteiger partial charge in [-0.1, -0.05) is 23.2 Å². The van der Waals surface area contributed by atoms with Gasteiger partial charge in [0.15, 0.2) is 0 Å². The summed E-state index contributed by atoms with van der Waals surface area (Å²) in [5.74, 6) is -0.207. The second kappa shape index (κ2) is 9.04. The number of likely N-dealkylation sites (tertiary alicyclic amines) is 1. The zero-order valence-corrected chi connectivity index (χ0v) is 18.4. The molecule has 2 aromatic rings. The summed E-state index contributed by atoms with van der Waals surface area (Å²) in [5.41, 5.74) is 7.23. The monoisotopic (exact) mass is 462 g/mol. The zero-order chi connectivity index (χ0) is 22.1. The van der Waals surface area contributed by atoms with Gasteiger partial charge in [0.1, 0.15) is 0 Å². The Morgan fingerprint density at radius 2 is 1.48 bits per heavy atom. The first-order chi connectivity index (χ1) is 14.8. The highest BCUT2D eigenvalue weighted by atomic mass is 35.5. The molecule has 2 aromatic carbocycles. The molecule has 0 aliphatic carbocycles. The number of β-amino-alcohol motifs (C(OH)–C–C–N with tert-alkyl or cyclic N) is 1. The molecule has 2 saturated heterocycles. The summed E-state index contributed by atoms with van der Waals surface area (Å²) < 4.78 is 0. The van der Waals surface area contributed by atoms with Crippen molar-refractivity contribution in [2.45, 2.75) is 12.1 Å². The van der Waals surface area contributed by atoms with Gasteiger partial charge in [-0.2, -0.15) is 0 Å². The summed E-state index contributed by atoms with van der Waals surface area (Å²) in [4.78, 5) is 31.1. The third-order valence-corrected chi connectivity index (χ3v) is 6.55. The fourth-order valence-corrected chi connectivity index (χ4v) is 4.43. The standard InChI is InChI=1S/C22H24Cl2N4O3/c23-16-4-1-14(2-5-16)21(30)27-9-7-26(8-10-27)19-12-28(13-20(19)29)22(31)15-3-6-17(24)18(25)11-15/h1-6,11,19-20,29H,7-10,12-13,25H2. The predicted molar refractivity (Wildman–Crippen MR) is 120 cm³/mol. The molecule has 4 rings (SSSR count). The molecule has 3 N–H and O–H groups in total. The van der Waals surface area contributed by atoms with Gasteiger partial charge in [-0.3, -0.25) is 14.5 Å². The van der Waals surface area contributed by atoms with E-state index in [0.29, 0.717) is 59.6 Å². The second-order valence-electron chi connectivity index (χ2n) is 7.92. The number of nitrogens with zero attached hydrogens (tertiary/aromatic N) is 3. The quantitative estimate of drug-likeness (QED) is 0.682. The number of carbonyl (C=O) groups is 2. The first kappa shape index (κ1) is 21.9. The number of carbonyl (C=O) groups excluding carboxylic acids is 2. The van der Waals surface area contributed by atoms with Gasteiger partial charge in [0.2, 0.25) is 0 Å². The largest absolute Gasteiger partial charge is 0.398 e. The fraction of sp³-hybridized carbons (Fsp3) is 0.364. The molecule has 2 aliphatic rings. The third kappa shape index (κ3) is 4.65. The van der Waals surface area contributed by atoms with E-state index >= 15 is 0 Å². The van der Waals surface area contributed by atoms with E-state index < -0.39 is 6.10 Å². The molecule has 2 atom stereocenters. The lowest BCUT2D eigenvalue weighted by Gasteiger charge is -2.38. The SMILES string of the molecule is Nc1cc(C(=O)N2CC(O)C(N3CCN(C(=O)c4ccc(Cl)cc4)CC3)C2)ccc1Cl. The van der Waals surface area contributed by atoms with Gasteiger partial charge in [-0.05, 0) is 42.5 Å². The van der Waals surface area contributed by atoms with E-state index in [9.17, 15) is 14.7 Å². The van der Waals surface area contributed by atoms with E-state index in [4.69, 9.17) is 28.9 Å². The van der Waals surface area contributed by atoms with Gasteiger partial charge in [0.25, 0.3) is 11.8 Å². The van der Waals surface area contributed by atoms with Crippen LogP contribution in [0.5, 0.6) is 0 Å². The van der Waals surface area contributed by atoms with Crippen LogP contribution < -0.4 is 5.73 Å². The summed E-state index contributed by atoms with van der Waals surface area (Å²) >= 11 is 11.8. The van der Waals surface area contributed by atoms with Gasteiger partial charge in [0, 0.05) is 55.4 Å². The Morgan fingerprint density at radius 1 is 0.871 bits per heavy atom. The maximum Gasteiger partial charge on any atom is 0.254 e. The summed E-state index contributed by atoms with van der Waals surface area (Å²) in [6.45, 7) is 3.08. The van der Waals surface area contributed by atoms with Crippen molar-refractivity contribution in [1.82, 2.24) is 14.7 Å². The lowest BCUT2D eigenvalue weighted by Crippen LogP contribution is -2.54. The summed E-state index contributed by atoms with van der Waals surface area (Å²) in [5, 5.41) is 11.6. The Bertz CT molecular complexity index is 977. The number of aliphatic hydroxyl groups excluding tert-OH is 1. The number of hydrogen-bond acceptors (Lipinski definition) is 5. The van der Waals surface area contributed by atoms with Crippen molar-refractivity contribution in [3.8, 4) is 0 Å². The van der Waals surface area contributed by atoms with E-state index in [-0.39, 0.29) is 24.4 Å². The molecular weight excluding hydrogens is 439 g/mol. The molecule has 7 nitrogen and oxygen atoms in total. The highest BCUT2D eigenvalue weighted by Crippen LogP contribution is 2.24. The molecular formula is C22H24Cl2N4O3. The molecule has 0 radical (unpaired) electrons. The van der Waals surface area contributed by atoms with Crippen LogP contribution in [0.1, 0.15) is 20.7 Å². The number of piperazine rings is 1. The van der Waals surface area contributed by atoms with Gasteiger partial charge >= 0.3 is 0 Å².